The average molecular weight is 517 g/mol. The molecule has 1 aliphatic carbocycles. The van der Waals surface area contributed by atoms with Crippen molar-refractivity contribution in [1.29, 1.82) is 0 Å². The molecular formula is C27H33ClN2O6. The normalized spacial score (nSPS) is 17.1. The summed E-state index contributed by atoms with van der Waals surface area (Å²) in [4.78, 5) is 36.7. The molecule has 1 aliphatic rings. The molecule has 3 rings (SSSR count). The van der Waals surface area contributed by atoms with Crippen LogP contribution in [0.5, 0.6) is 11.5 Å². The highest BCUT2D eigenvalue weighted by Crippen LogP contribution is 2.30. The first-order valence-corrected chi connectivity index (χ1v) is 12.7. The topological polar surface area (TPSA) is 103 Å². The van der Waals surface area contributed by atoms with Gasteiger partial charge in [0.05, 0.1) is 35.8 Å². The van der Waals surface area contributed by atoms with Crippen molar-refractivity contribution in [2.75, 3.05) is 26.3 Å². The fourth-order valence-corrected chi connectivity index (χ4v) is 4.30. The fourth-order valence-electron chi connectivity index (χ4n) is 4.04. The lowest BCUT2D eigenvalue weighted by Crippen LogP contribution is -2.34. The van der Waals surface area contributed by atoms with Crippen LogP contribution in [0.1, 0.15) is 60.2 Å². The van der Waals surface area contributed by atoms with Gasteiger partial charge in [0.2, 0.25) is 0 Å². The van der Waals surface area contributed by atoms with Crippen molar-refractivity contribution in [3.05, 3.63) is 58.6 Å². The van der Waals surface area contributed by atoms with E-state index in [0.29, 0.717) is 35.8 Å². The molecule has 2 aromatic rings. The van der Waals surface area contributed by atoms with Crippen LogP contribution in [0.25, 0.3) is 0 Å². The van der Waals surface area contributed by atoms with Gasteiger partial charge in [0, 0.05) is 18.7 Å². The van der Waals surface area contributed by atoms with Gasteiger partial charge in [0.15, 0.2) is 0 Å². The predicted octanol–water partition coefficient (Wildman–Crippen LogP) is 4.40. The van der Waals surface area contributed by atoms with Gasteiger partial charge >= 0.3 is 5.97 Å². The molecule has 8 nitrogen and oxygen atoms in total. The van der Waals surface area contributed by atoms with Crippen molar-refractivity contribution in [2.24, 2.45) is 5.92 Å². The van der Waals surface area contributed by atoms with Gasteiger partial charge in [-0.1, -0.05) is 11.6 Å². The van der Waals surface area contributed by atoms with E-state index < -0.39 is 0 Å². The molecule has 1 saturated carbocycles. The molecule has 0 radical (unpaired) electrons. The van der Waals surface area contributed by atoms with Crippen LogP contribution in [-0.4, -0.2) is 50.2 Å². The quantitative estimate of drug-likeness (QED) is 0.339. The highest BCUT2D eigenvalue weighted by molar-refractivity contribution is 6.34. The molecule has 9 heteroatoms. The average Bonchev–Trinajstić information content (AvgIpc) is 2.87. The molecule has 0 heterocycles. The third-order valence-electron chi connectivity index (χ3n) is 5.91. The van der Waals surface area contributed by atoms with Crippen LogP contribution < -0.4 is 20.1 Å². The SMILES string of the molecule is CCOc1ccc(C(=O)NCCNC(=O)c2ccc(O[C@H]3CC[C@@H](C(=O)OCC)CC3)cc2Cl)cc1. The Morgan fingerprint density at radius 1 is 0.861 bits per heavy atom. The first kappa shape index (κ1) is 27.3. The van der Waals surface area contributed by atoms with E-state index in [9.17, 15) is 14.4 Å². The molecule has 2 N–H and O–H groups in total. The van der Waals surface area contributed by atoms with Gasteiger partial charge < -0.3 is 24.8 Å². The molecule has 0 aliphatic heterocycles. The number of carbonyl (C=O) groups is 3. The monoisotopic (exact) mass is 516 g/mol. The van der Waals surface area contributed by atoms with Crippen molar-refractivity contribution in [3.8, 4) is 11.5 Å². The van der Waals surface area contributed by atoms with Crippen LogP contribution in [0, 0.1) is 5.92 Å². The highest BCUT2D eigenvalue weighted by Gasteiger charge is 2.28. The molecule has 2 amide bonds. The molecule has 0 bridgehead atoms. The number of esters is 1. The second-order valence-electron chi connectivity index (χ2n) is 8.45. The molecule has 0 aromatic heterocycles. The first-order valence-electron chi connectivity index (χ1n) is 12.3. The van der Waals surface area contributed by atoms with Gasteiger partial charge in [0.1, 0.15) is 11.5 Å². The van der Waals surface area contributed by atoms with Gasteiger partial charge in [0.25, 0.3) is 11.8 Å². The summed E-state index contributed by atoms with van der Waals surface area (Å²) < 4.78 is 16.5. The molecule has 1 fully saturated rings. The molecule has 0 saturated heterocycles. The minimum Gasteiger partial charge on any atom is -0.494 e. The lowest BCUT2D eigenvalue weighted by molar-refractivity contribution is -0.149. The van der Waals surface area contributed by atoms with Crippen LogP contribution in [-0.2, 0) is 9.53 Å². The van der Waals surface area contributed by atoms with E-state index in [1.807, 2.05) is 13.8 Å². The summed E-state index contributed by atoms with van der Waals surface area (Å²) in [6.07, 6.45) is 2.96. The lowest BCUT2D eigenvalue weighted by atomic mass is 9.87. The maximum Gasteiger partial charge on any atom is 0.308 e. The van der Waals surface area contributed by atoms with E-state index in [1.165, 1.54) is 0 Å². The minimum absolute atomic E-state index is 0.00888. The van der Waals surface area contributed by atoms with Crippen LogP contribution >= 0.6 is 11.6 Å². The number of carbonyl (C=O) groups excluding carboxylic acids is 3. The first-order chi connectivity index (χ1) is 17.4. The summed E-state index contributed by atoms with van der Waals surface area (Å²) in [5, 5.41) is 5.80. The zero-order valence-electron chi connectivity index (χ0n) is 20.7. The molecular weight excluding hydrogens is 484 g/mol. The Morgan fingerprint density at radius 2 is 1.50 bits per heavy atom. The Labute approximate surface area is 216 Å². The molecule has 2 aromatic carbocycles. The summed E-state index contributed by atoms with van der Waals surface area (Å²) in [6.45, 7) is 5.18. The zero-order chi connectivity index (χ0) is 25.9. The standard InChI is InChI=1S/C27H33ClN2O6/c1-3-34-20-9-5-18(6-10-20)25(31)29-15-16-30-26(32)23-14-13-22(17-24(23)28)36-21-11-7-19(8-12-21)27(33)35-4-2/h5-6,9-10,13-14,17,19,21H,3-4,7-8,11-12,15-16H2,1-2H3,(H,29,31)(H,30,32)/t19-,21+. The van der Waals surface area contributed by atoms with E-state index >= 15 is 0 Å². The third-order valence-corrected chi connectivity index (χ3v) is 6.22. The predicted molar refractivity (Wildman–Crippen MR) is 137 cm³/mol. The number of rotatable bonds is 11. The summed E-state index contributed by atoms with van der Waals surface area (Å²) in [5.74, 6) is 0.518. The number of ether oxygens (including phenoxy) is 3. The van der Waals surface area contributed by atoms with E-state index in [1.54, 1.807) is 42.5 Å². The Morgan fingerprint density at radius 3 is 2.11 bits per heavy atom. The number of hydrogen-bond donors (Lipinski definition) is 2. The highest BCUT2D eigenvalue weighted by atomic mass is 35.5. The number of nitrogens with one attached hydrogen (secondary N) is 2. The van der Waals surface area contributed by atoms with Crippen molar-refractivity contribution in [2.45, 2.75) is 45.6 Å². The van der Waals surface area contributed by atoms with Crippen LogP contribution in [0.2, 0.25) is 5.02 Å². The Bertz CT molecular complexity index is 1040. The van der Waals surface area contributed by atoms with E-state index in [0.717, 1.165) is 25.7 Å². The Balaban J connectivity index is 1.41. The Kier molecular flexibility index (Phi) is 10.4. The molecule has 0 atom stereocenters. The summed E-state index contributed by atoms with van der Waals surface area (Å²) in [6, 6.07) is 11.8. The maximum absolute atomic E-state index is 12.5. The minimum atomic E-state index is -0.336. The second-order valence-corrected chi connectivity index (χ2v) is 8.86. The molecule has 194 valence electrons. The Hall–Kier alpha value is -3.26. The number of hydrogen-bond acceptors (Lipinski definition) is 6. The van der Waals surface area contributed by atoms with Crippen molar-refractivity contribution in [3.63, 3.8) is 0 Å². The number of halogens is 1. The molecule has 0 unspecified atom stereocenters. The number of amides is 2. The largest absolute Gasteiger partial charge is 0.494 e. The van der Waals surface area contributed by atoms with E-state index in [4.69, 9.17) is 25.8 Å². The van der Waals surface area contributed by atoms with Gasteiger partial charge in [-0.15, -0.1) is 0 Å². The van der Waals surface area contributed by atoms with Crippen LogP contribution in [0.15, 0.2) is 42.5 Å². The van der Waals surface area contributed by atoms with Crippen molar-refractivity contribution in [1.82, 2.24) is 10.6 Å². The van der Waals surface area contributed by atoms with Crippen LogP contribution in [0.3, 0.4) is 0 Å². The van der Waals surface area contributed by atoms with E-state index in [-0.39, 0.29) is 47.9 Å². The molecule has 36 heavy (non-hydrogen) atoms. The third kappa shape index (κ3) is 7.88. The summed E-state index contributed by atoms with van der Waals surface area (Å²) in [7, 11) is 0. The number of benzene rings is 2. The zero-order valence-corrected chi connectivity index (χ0v) is 21.4. The fraction of sp³-hybridized carbons (Fsp3) is 0.444. The van der Waals surface area contributed by atoms with Gasteiger partial charge in [-0.25, -0.2) is 0 Å². The maximum atomic E-state index is 12.5. The van der Waals surface area contributed by atoms with Gasteiger partial charge in [-0.3, -0.25) is 14.4 Å². The summed E-state index contributed by atoms with van der Waals surface area (Å²) >= 11 is 6.34. The van der Waals surface area contributed by atoms with Gasteiger partial charge in [-0.2, -0.15) is 0 Å². The van der Waals surface area contributed by atoms with Crippen molar-refractivity contribution < 1.29 is 28.6 Å². The van der Waals surface area contributed by atoms with Gasteiger partial charge in [-0.05, 0) is 82.0 Å². The lowest BCUT2D eigenvalue weighted by Gasteiger charge is -2.27. The van der Waals surface area contributed by atoms with Crippen LogP contribution in [0.4, 0.5) is 0 Å². The summed E-state index contributed by atoms with van der Waals surface area (Å²) in [5.41, 5.74) is 0.839. The smallest absolute Gasteiger partial charge is 0.308 e. The van der Waals surface area contributed by atoms with Crippen molar-refractivity contribution >= 4 is 29.4 Å². The van der Waals surface area contributed by atoms with E-state index in [2.05, 4.69) is 10.6 Å². The molecule has 0 spiro atoms. The second kappa shape index (κ2) is 13.7.